The van der Waals surface area contributed by atoms with E-state index < -0.39 is 36.8 Å². The molecule has 2 N–H and O–H groups in total. The summed E-state index contributed by atoms with van der Waals surface area (Å²) in [6, 6.07) is -0.827. The van der Waals surface area contributed by atoms with Crippen molar-refractivity contribution in [1.29, 1.82) is 0 Å². The molecular formula is C37H71NO6. The van der Waals surface area contributed by atoms with E-state index >= 15 is 0 Å². The van der Waals surface area contributed by atoms with Gasteiger partial charge in [-0.3, -0.25) is 14.4 Å². The number of aliphatic hydroxyl groups is 1. The third-order valence-electron chi connectivity index (χ3n) is 8.53. The van der Waals surface area contributed by atoms with Crippen molar-refractivity contribution in [1.82, 2.24) is 5.32 Å². The highest BCUT2D eigenvalue weighted by Crippen LogP contribution is 2.19. The minimum Gasteiger partial charge on any atom is -0.459 e. The fourth-order valence-electron chi connectivity index (χ4n) is 5.94. The highest BCUT2D eigenvalue weighted by molar-refractivity contribution is 5.76. The fraction of sp³-hybridized carbons (Fsp3) is 0.919. The zero-order valence-electron chi connectivity index (χ0n) is 29.3. The molecule has 0 aromatic heterocycles. The molecule has 0 aliphatic rings. The van der Waals surface area contributed by atoms with Crippen LogP contribution in [0, 0.1) is 0 Å². The van der Waals surface area contributed by atoms with Crippen molar-refractivity contribution in [2.75, 3.05) is 6.61 Å². The van der Waals surface area contributed by atoms with E-state index in [4.69, 9.17) is 9.47 Å². The molecule has 0 unspecified atom stereocenters. The molecule has 0 rings (SSSR count). The maximum Gasteiger partial charge on any atom is 0.303 e. The smallest absolute Gasteiger partial charge is 0.303 e. The predicted molar refractivity (Wildman–Crippen MR) is 182 cm³/mol. The summed E-state index contributed by atoms with van der Waals surface area (Å²) >= 11 is 0. The molecule has 3 atom stereocenters. The molecule has 0 heterocycles. The second kappa shape index (κ2) is 31.4. The van der Waals surface area contributed by atoms with E-state index in [1.54, 1.807) is 0 Å². The zero-order chi connectivity index (χ0) is 32.7. The van der Waals surface area contributed by atoms with Gasteiger partial charge >= 0.3 is 11.9 Å². The molecule has 0 bridgehead atoms. The van der Waals surface area contributed by atoms with Gasteiger partial charge in [-0.2, -0.15) is 0 Å². The third kappa shape index (κ3) is 26.7. The van der Waals surface area contributed by atoms with Crippen LogP contribution in [0.1, 0.15) is 195 Å². The Morgan fingerprint density at radius 3 is 1.27 bits per heavy atom. The van der Waals surface area contributed by atoms with Gasteiger partial charge in [-0.15, -0.1) is 0 Å². The van der Waals surface area contributed by atoms with Gasteiger partial charge in [0.25, 0.3) is 0 Å². The number of ether oxygens (including phenoxy) is 2. The summed E-state index contributed by atoms with van der Waals surface area (Å²) in [6.07, 6.45) is 29.6. The quantitative estimate of drug-likeness (QED) is 0.0570. The van der Waals surface area contributed by atoms with Gasteiger partial charge in [-0.05, 0) is 19.3 Å². The monoisotopic (exact) mass is 626 g/mol. The number of carbonyl (C=O) groups is 3. The Hall–Kier alpha value is -1.63. The van der Waals surface area contributed by atoms with Gasteiger partial charge in [-0.25, -0.2) is 0 Å². The van der Waals surface area contributed by atoms with Gasteiger partial charge in [0.05, 0.1) is 12.6 Å². The summed E-state index contributed by atoms with van der Waals surface area (Å²) < 4.78 is 10.9. The van der Waals surface area contributed by atoms with E-state index in [9.17, 15) is 19.5 Å². The molecule has 0 aliphatic heterocycles. The first-order valence-electron chi connectivity index (χ1n) is 18.6. The van der Waals surface area contributed by atoms with Gasteiger partial charge < -0.3 is 19.9 Å². The van der Waals surface area contributed by atoms with Crippen LogP contribution in [0.15, 0.2) is 0 Å². The number of unbranched alkanes of at least 4 members (excludes halogenated alkanes) is 22. The largest absolute Gasteiger partial charge is 0.459 e. The van der Waals surface area contributed by atoms with Crippen molar-refractivity contribution >= 4 is 17.8 Å². The minimum absolute atomic E-state index is 0.186. The molecule has 260 valence electrons. The molecule has 44 heavy (non-hydrogen) atoms. The Labute approximate surface area is 271 Å². The lowest BCUT2D eigenvalue weighted by molar-refractivity contribution is -0.170. The van der Waals surface area contributed by atoms with Crippen molar-refractivity contribution in [3.63, 3.8) is 0 Å². The molecule has 0 spiro atoms. The summed E-state index contributed by atoms with van der Waals surface area (Å²) in [5.74, 6) is -1.21. The molecule has 0 saturated carbocycles. The molecular weight excluding hydrogens is 554 g/mol. The second-order valence-corrected chi connectivity index (χ2v) is 12.9. The van der Waals surface area contributed by atoms with Crippen LogP contribution in [0.3, 0.4) is 0 Å². The average Bonchev–Trinajstić information content (AvgIpc) is 2.99. The summed E-state index contributed by atoms with van der Waals surface area (Å²) in [4.78, 5) is 36.1. The van der Waals surface area contributed by atoms with Crippen molar-refractivity contribution in [2.45, 2.75) is 213 Å². The number of aliphatic hydroxyl groups excluding tert-OH is 1. The van der Waals surface area contributed by atoms with Crippen LogP contribution >= 0.6 is 0 Å². The molecule has 7 nitrogen and oxygen atoms in total. The summed E-state index contributed by atoms with van der Waals surface area (Å²) in [5.41, 5.74) is 0. The van der Waals surface area contributed by atoms with Gasteiger partial charge in [0.2, 0.25) is 5.91 Å². The normalized spacial score (nSPS) is 13.3. The van der Waals surface area contributed by atoms with E-state index in [1.807, 2.05) is 0 Å². The molecule has 1 amide bonds. The first-order chi connectivity index (χ1) is 21.3. The maximum absolute atomic E-state index is 12.6. The highest BCUT2D eigenvalue weighted by atomic mass is 16.6. The van der Waals surface area contributed by atoms with Crippen LogP contribution < -0.4 is 5.32 Å². The van der Waals surface area contributed by atoms with Crippen LogP contribution in [-0.2, 0) is 23.9 Å². The fourth-order valence-corrected chi connectivity index (χ4v) is 5.94. The lowest BCUT2D eigenvalue weighted by atomic mass is 9.99. The van der Waals surface area contributed by atoms with Gasteiger partial charge in [0.1, 0.15) is 6.10 Å². The molecule has 0 aromatic carbocycles. The third-order valence-corrected chi connectivity index (χ3v) is 8.53. The highest BCUT2D eigenvalue weighted by Gasteiger charge is 2.35. The number of nitrogens with one attached hydrogen (secondary N) is 1. The Morgan fingerprint density at radius 1 is 0.545 bits per heavy atom. The van der Waals surface area contributed by atoms with E-state index in [1.165, 1.54) is 129 Å². The van der Waals surface area contributed by atoms with Crippen molar-refractivity contribution in [3.8, 4) is 0 Å². The predicted octanol–water partition coefficient (Wildman–Crippen LogP) is 9.51. The van der Waals surface area contributed by atoms with Gasteiger partial charge in [-0.1, -0.05) is 155 Å². The Bertz CT molecular complexity index is 685. The maximum atomic E-state index is 12.6. The molecule has 7 heteroatoms. The van der Waals surface area contributed by atoms with Gasteiger partial charge in [0.15, 0.2) is 6.10 Å². The Morgan fingerprint density at radius 2 is 0.909 bits per heavy atom. The van der Waals surface area contributed by atoms with Crippen LogP contribution in [0.4, 0.5) is 0 Å². The number of esters is 2. The summed E-state index contributed by atoms with van der Waals surface area (Å²) in [6.45, 7) is 6.53. The van der Waals surface area contributed by atoms with Crippen LogP contribution in [0.2, 0.25) is 0 Å². The first kappa shape index (κ1) is 42.4. The van der Waals surface area contributed by atoms with E-state index in [0.29, 0.717) is 12.8 Å². The molecule has 0 aromatic rings. The van der Waals surface area contributed by atoms with Crippen LogP contribution in [0.25, 0.3) is 0 Å². The van der Waals surface area contributed by atoms with Crippen molar-refractivity contribution in [2.24, 2.45) is 0 Å². The number of amides is 1. The van der Waals surface area contributed by atoms with Crippen LogP contribution in [-0.4, -0.2) is 47.8 Å². The number of rotatable bonds is 32. The van der Waals surface area contributed by atoms with E-state index in [-0.39, 0.29) is 5.91 Å². The number of carbonyl (C=O) groups excluding carboxylic acids is 3. The number of hydrogen-bond donors (Lipinski definition) is 2. The molecule has 0 fully saturated rings. The first-order valence-corrected chi connectivity index (χ1v) is 18.6. The lowest BCUT2D eigenvalue weighted by Gasteiger charge is -2.32. The Balaban J connectivity index is 3.95. The average molecular weight is 626 g/mol. The minimum atomic E-state index is -0.929. The molecule has 0 aliphatic carbocycles. The second-order valence-electron chi connectivity index (χ2n) is 12.9. The molecule has 0 saturated heterocycles. The topological polar surface area (TPSA) is 102 Å². The van der Waals surface area contributed by atoms with Crippen LogP contribution in [0.5, 0.6) is 0 Å². The molecule has 0 radical (unpaired) electrons. The summed E-state index contributed by atoms with van der Waals surface area (Å²) in [7, 11) is 0. The van der Waals surface area contributed by atoms with Crippen molar-refractivity contribution in [3.05, 3.63) is 0 Å². The zero-order valence-corrected chi connectivity index (χ0v) is 29.3. The lowest BCUT2D eigenvalue weighted by Crippen LogP contribution is -2.53. The Kier molecular flexibility index (Phi) is 30.2. The van der Waals surface area contributed by atoms with E-state index in [2.05, 4.69) is 19.2 Å². The number of hydrogen-bond acceptors (Lipinski definition) is 6. The van der Waals surface area contributed by atoms with Crippen molar-refractivity contribution < 1.29 is 29.0 Å². The van der Waals surface area contributed by atoms with E-state index in [0.717, 1.165) is 38.5 Å². The standard InChI is InChI=1S/C37H71NO6/c1-5-7-9-10-11-12-13-14-15-16-17-18-19-20-21-22-23-24-25-26-28-30-36(42)38-34(31-39)37(44-33(4)41)35(43-32(3)40)29-27-8-6-2/h34-35,37,39H,5-31H2,1-4H3,(H,38,42)/t34-,35+,37-/m0/s1. The summed E-state index contributed by atoms with van der Waals surface area (Å²) in [5, 5.41) is 12.8. The van der Waals surface area contributed by atoms with Gasteiger partial charge in [0, 0.05) is 20.3 Å². The SMILES string of the molecule is CCCCCCCCCCCCCCCCCCCCCCCC(=O)N[C@@H](CO)[C@H](OC(C)=O)[C@@H](CCCCC)OC(C)=O.